The minimum Gasteiger partial charge on any atom is -0.497 e. The highest BCUT2D eigenvalue weighted by Gasteiger charge is 2.49. The Labute approximate surface area is 149 Å². The van der Waals surface area contributed by atoms with Gasteiger partial charge in [-0.1, -0.05) is 18.2 Å². The molecular formula is C21H27NO3. The number of hydrogen-bond donors (Lipinski definition) is 1. The van der Waals surface area contributed by atoms with Gasteiger partial charge in [0.1, 0.15) is 5.75 Å². The maximum Gasteiger partial charge on any atom is 0.220 e. The van der Waals surface area contributed by atoms with Gasteiger partial charge in [-0.3, -0.25) is 4.79 Å². The van der Waals surface area contributed by atoms with Gasteiger partial charge < -0.3 is 14.7 Å². The fourth-order valence-corrected chi connectivity index (χ4v) is 4.39. The van der Waals surface area contributed by atoms with E-state index in [0.29, 0.717) is 6.54 Å². The topological polar surface area (TPSA) is 49.8 Å². The Morgan fingerprint density at radius 2 is 2.00 bits per heavy atom. The average molecular weight is 341 g/mol. The minimum atomic E-state index is -0.996. The van der Waals surface area contributed by atoms with Crippen LogP contribution in [0.15, 0.2) is 43.5 Å². The van der Waals surface area contributed by atoms with Crippen LogP contribution in [0, 0.1) is 11.8 Å². The zero-order valence-corrected chi connectivity index (χ0v) is 15.1. The second-order valence-electron chi connectivity index (χ2n) is 7.18. The molecule has 1 aromatic rings. The van der Waals surface area contributed by atoms with E-state index in [1.165, 1.54) is 5.56 Å². The van der Waals surface area contributed by atoms with Crippen molar-refractivity contribution >= 4 is 5.91 Å². The summed E-state index contributed by atoms with van der Waals surface area (Å²) in [6.45, 7) is 9.64. The Morgan fingerprint density at radius 1 is 1.36 bits per heavy atom. The Balaban J connectivity index is 1.88. The number of carbonyl (C=O) groups excluding carboxylic acids is 1. The molecule has 0 radical (unpaired) electrons. The van der Waals surface area contributed by atoms with Gasteiger partial charge in [0.2, 0.25) is 5.91 Å². The number of amides is 1. The second kappa shape index (κ2) is 6.68. The summed E-state index contributed by atoms with van der Waals surface area (Å²) in [4.78, 5) is 14.2. The lowest BCUT2D eigenvalue weighted by Gasteiger charge is -2.44. The molecule has 3 atom stereocenters. The summed E-state index contributed by atoms with van der Waals surface area (Å²) >= 11 is 0. The normalized spacial score (nSPS) is 26.3. The molecule has 1 aromatic carbocycles. The van der Waals surface area contributed by atoms with Crippen molar-refractivity contribution in [1.29, 1.82) is 0 Å². The first kappa shape index (κ1) is 17.7. The second-order valence-corrected chi connectivity index (χ2v) is 7.18. The monoisotopic (exact) mass is 341 g/mol. The van der Waals surface area contributed by atoms with E-state index < -0.39 is 5.60 Å². The van der Waals surface area contributed by atoms with Crippen LogP contribution in [0.2, 0.25) is 0 Å². The van der Waals surface area contributed by atoms with Gasteiger partial charge in [-0.05, 0) is 42.5 Å². The summed E-state index contributed by atoms with van der Waals surface area (Å²) < 4.78 is 5.32. The van der Waals surface area contributed by atoms with E-state index in [1.54, 1.807) is 18.9 Å². The Hall–Kier alpha value is -2.07. The molecule has 3 rings (SSSR count). The summed E-state index contributed by atoms with van der Waals surface area (Å²) in [5, 5.41) is 11.4. The molecule has 1 fully saturated rings. The summed E-state index contributed by atoms with van der Waals surface area (Å²) in [6, 6.07) is 5.97. The van der Waals surface area contributed by atoms with Crippen molar-refractivity contribution in [2.45, 2.75) is 37.8 Å². The molecule has 0 heterocycles. The van der Waals surface area contributed by atoms with Crippen LogP contribution >= 0.6 is 0 Å². The molecule has 0 aromatic heterocycles. The third-order valence-electron chi connectivity index (χ3n) is 5.97. The van der Waals surface area contributed by atoms with Crippen molar-refractivity contribution in [2.24, 2.45) is 11.8 Å². The quantitative estimate of drug-likeness (QED) is 0.808. The zero-order valence-electron chi connectivity index (χ0n) is 15.1. The summed E-state index contributed by atoms with van der Waals surface area (Å²) in [5.41, 5.74) is 1.35. The van der Waals surface area contributed by atoms with Crippen molar-refractivity contribution in [2.75, 3.05) is 13.7 Å². The van der Waals surface area contributed by atoms with E-state index in [2.05, 4.69) is 13.2 Å². The Bertz CT molecular complexity index is 680. The van der Waals surface area contributed by atoms with Crippen LogP contribution in [0.1, 0.15) is 36.9 Å². The largest absolute Gasteiger partial charge is 0.497 e. The summed E-state index contributed by atoms with van der Waals surface area (Å²) in [5.74, 6) is 0.716. The van der Waals surface area contributed by atoms with E-state index in [1.807, 2.05) is 30.4 Å². The molecule has 4 heteroatoms. The maximum absolute atomic E-state index is 12.4. The molecule has 0 spiro atoms. The van der Waals surface area contributed by atoms with Crippen LogP contribution in [-0.4, -0.2) is 35.2 Å². The van der Waals surface area contributed by atoms with Gasteiger partial charge in [0.05, 0.1) is 25.3 Å². The molecule has 0 bridgehead atoms. The maximum atomic E-state index is 12.4. The van der Waals surface area contributed by atoms with Crippen molar-refractivity contribution < 1.29 is 14.6 Å². The molecule has 2 aliphatic rings. The number of benzene rings is 1. The van der Waals surface area contributed by atoms with Crippen LogP contribution in [-0.2, 0) is 11.2 Å². The molecule has 1 amide bonds. The van der Waals surface area contributed by atoms with Crippen LogP contribution < -0.4 is 4.74 Å². The molecule has 1 unspecified atom stereocenters. The molecule has 134 valence electrons. The number of methoxy groups -OCH3 is 1. The molecule has 0 saturated heterocycles. The highest BCUT2D eigenvalue weighted by atomic mass is 16.5. The lowest BCUT2D eigenvalue weighted by Crippen LogP contribution is -2.53. The molecule has 1 N–H and O–H groups in total. The number of ether oxygens (including phenoxy) is 1. The summed E-state index contributed by atoms with van der Waals surface area (Å²) in [6.07, 6.45) is 6.20. The molecule has 25 heavy (non-hydrogen) atoms. The first-order valence-electron chi connectivity index (χ1n) is 8.86. The first-order chi connectivity index (χ1) is 11.9. The van der Waals surface area contributed by atoms with Gasteiger partial charge in [-0.15, -0.1) is 13.2 Å². The number of aliphatic hydroxyl groups is 1. The van der Waals surface area contributed by atoms with Gasteiger partial charge in [0.25, 0.3) is 0 Å². The zero-order chi connectivity index (χ0) is 18.2. The minimum absolute atomic E-state index is 0.0110. The van der Waals surface area contributed by atoms with Crippen LogP contribution in [0.4, 0.5) is 0 Å². The Morgan fingerprint density at radius 3 is 2.52 bits per heavy atom. The van der Waals surface area contributed by atoms with Gasteiger partial charge in [-0.2, -0.15) is 0 Å². The van der Waals surface area contributed by atoms with E-state index >= 15 is 0 Å². The SMILES string of the molecule is C=C[C@H]1CC[C@H](C=C)C1(O)CN(C(C)=O)C1Cc2ccc(OC)cc21. The highest BCUT2D eigenvalue weighted by Crippen LogP contribution is 2.46. The smallest absolute Gasteiger partial charge is 0.220 e. The van der Waals surface area contributed by atoms with Gasteiger partial charge in [0.15, 0.2) is 0 Å². The van der Waals surface area contributed by atoms with Crippen molar-refractivity contribution in [1.82, 2.24) is 4.90 Å². The van der Waals surface area contributed by atoms with Crippen molar-refractivity contribution in [3.63, 3.8) is 0 Å². The van der Waals surface area contributed by atoms with E-state index in [0.717, 1.165) is 30.6 Å². The first-order valence-corrected chi connectivity index (χ1v) is 8.86. The fraction of sp³-hybridized carbons (Fsp3) is 0.476. The number of carbonyl (C=O) groups is 1. The number of rotatable bonds is 6. The molecule has 1 saturated carbocycles. The standard InChI is InChI=1S/C21H27NO3/c1-5-16-8-9-17(6-2)21(16,24)13-22(14(3)23)20-11-15-7-10-18(25-4)12-19(15)20/h5-7,10,12,16-17,20,24H,1-2,8-9,11,13H2,3-4H3/t16-,17-,20?/m0/s1. The van der Waals surface area contributed by atoms with Crippen LogP contribution in [0.5, 0.6) is 5.75 Å². The lowest BCUT2D eigenvalue weighted by molar-refractivity contribution is -0.138. The predicted octanol–water partition coefficient (Wildman–Crippen LogP) is 3.27. The van der Waals surface area contributed by atoms with Gasteiger partial charge >= 0.3 is 0 Å². The molecule has 4 nitrogen and oxygen atoms in total. The predicted molar refractivity (Wildman–Crippen MR) is 98.4 cm³/mol. The fourth-order valence-electron chi connectivity index (χ4n) is 4.39. The van der Waals surface area contributed by atoms with Crippen LogP contribution in [0.3, 0.4) is 0 Å². The molecule has 2 aliphatic carbocycles. The van der Waals surface area contributed by atoms with E-state index in [9.17, 15) is 9.90 Å². The van der Waals surface area contributed by atoms with Crippen molar-refractivity contribution in [3.8, 4) is 5.75 Å². The van der Waals surface area contributed by atoms with Gasteiger partial charge in [0, 0.05) is 18.8 Å². The van der Waals surface area contributed by atoms with Gasteiger partial charge in [-0.25, -0.2) is 0 Å². The highest BCUT2D eigenvalue weighted by molar-refractivity contribution is 5.74. The van der Waals surface area contributed by atoms with Crippen molar-refractivity contribution in [3.05, 3.63) is 54.6 Å². The molecule has 0 aliphatic heterocycles. The molecular weight excluding hydrogens is 314 g/mol. The van der Waals surface area contributed by atoms with E-state index in [4.69, 9.17) is 4.74 Å². The van der Waals surface area contributed by atoms with Crippen LogP contribution in [0.25, 0.3) is 0 Å². The summed E-state index contributed by atoms with van der Waals surface area (Å²) in [7, 11) is 1.64. The number of nitrogens with zero attached hydrogens (tertiary/aromatic N) is 1. The lowest BCUT2D eigenvalue weighted by atomic mass is 9.79. The average Bonchev–Trinajstić information content (AvgIpc) is 2.90. The third-order valence-corrected chi connectivity index (χ3v) is 5.97. The number of fused-ring (bicyclic) bond motifs is 1. The van der Waals surface area contributed by atoms with E-state index in [-0.39, 0.29) is 23.8 Å². The Kier molecular flexibility index (Phi) is 4.74. The number of hydrogen-bond acceptors (Lipinski definition) is 3. The third kappa shape index (κ3) is 2.89.